The molecule has 2 amide bonds. The van der Waals surface area contributed by atoms with E-state index < -0.39 is 6.03 Å². The highest BCUT2D eigenvalue weighted by molar-refractivity contribution is 8.00. The zero-order valence-corrected chi connectivity index (χ0v) is 8.69. The van der Waals surface area contributed by atoms with Gasteiger partial charge in [-0.2, -0.15) is 11.8 Å². The Morgan fingerprint density at radius 2 is 2.38 bits per heavy atom. The van der Waals surface area contributed by atoms with Crippen molar-refractivity contribution in [1.29, 1.82) is 0 Å². The molecule has 76 valence electrons. The van der Waals surface area contributed by atoms with Crippen LogP contribution in [-0.2, 0) is 0 Å². The number of carbonyl (C=O) groups is 1. The van der Waals surface area contributed by atoms with Gasteiger partial charge in [-0.15, -0.1) is 0 Å². The normalized spacial score (nSPS) is 27.5. The van der Waals surface area contributed by atoms with Gasteiger partial charge in [0.05, 0.1) is 0 Å². The molecule has 1 rings (SSSR count). The summed E-state index contributed by atoms with van der Waals surface area (Å²) in [6.45, 7) is 3.65. The van der Waals surface area contributed by atoms with Crippen molar-refractivity contribution in [2.75, 3.05) is 18.8 Å². The second-order valence-electron chi connectivity index (χ2n) is 3.22. The van der Waals surface area contributed by atoms with Crippen LogP contribution in [0.4, 0.5) is 4.79 Å². The lowest BCUT2D eigenvalue weighted by Gasteiger charge is -2.16. The third kappa shape index (κ3) is 3.87. The monoisotopic (exact) mass is 203 g/mol. The van der Waals surface area contributed by atoms with E-state index in [2.05, 4.69) is 17.6 Å². The highest BCUT2D eigenvalue weighted by Gasteiger charge is 2.22. The Kier molecular flexibility index (Phi) is 4.38. The van der Waals surface area contributed by atoms with E-state index in [1.54, 1.807) is 0 Å². The van der Waals surface area contributed by atoms with Crippen molar-refractivity contribution in [3.8, 4) is 0 Å². The van der Waals surface area contributed by atoms with Gasteiger partial charge < -0.3 is 16.4 Å². The molecule has 0 aromatic carbocycles. The molecule has 4 N–H and O–H groups in total. The second-order valence-corrected chi connectivity index (χ2v) is 4.70. The van der Waals surface area contributed by atoms with Crippen molar-refractivity contribution < 1.29 is 4.79 Å². The molecule has 1 aliphatic heterocycles. The molecule has 1 heterocycles. The Bertz CT molecular complexity index is 177. The van der Waals surface area contributed by atoms with Gasteiger partial charge in [0, 0.05) is 24.4 Å². The zero-order valence-electron chi connectivity index (χ0n) is 7.88. The number of urea groups is 1. The quantitative estimate of drug-likeness (QED) is 0.569. The van der Waals surface area contributed by atoms with E-state index in [9.17, 15) is 4.79 Å². The first kappa shape index (κ1) is 10.7. The van der Waals surface area contributed by atoms with Crippen LogP contribution in [0.5, 0.6) is 0 Å². The third-order valence-electron chi connectivity index (χ3n) is 2.21. The number of rotatable bonds is 4. The first-order chi connectivity index (χ1) is 6.20. The van der Waals surface area contributed by atoms with Crippen LogP contribution in [0.1, 0.15) is 13.3 Å². The Labute approximate surface area is 83.0 Å². The zero-order chi connectivity index (χ0) is 9.68. The van der Waals surface area contributed by atoms with E-state index in [0.29, 0.717) is 17.8 Å². The molecule has 1 fully saturated rings. The summed E-state index contributed by atoms with van der Waals surface area (Å²) in [4.78, 5) is 10.3. The number of hydrogen-bond acceptors (Lipinski definition) is 3. The lowest BCUT2D eigenvalue weighted by atomic mass is 10.2. The highest BCUT2D eigenvalue weighted by Crippen LogP contribution is 2.25. The summed E-state index contributed by atoms with van der Waals surface area (Å²) >= 11 is 2.00. The maximum atomic E-state index is 10.3. The Morgan fingerprint density at radius 1 is 1.62 bits per heavy atom. The van der Waals surface area contributed by atoms with Crippen molar-refractivity contribution in [1.82, 2.24) is 10.6 Å². The van der Waals surface area contributed by atoms with Gasteiger partial charge in [0.15, 0.2) is 0 Å². The number of thioether (sulfide) groups is 1. The first-order valence-corrected chi connectivity index (χ1v) is 5.63. The molecule has 0 aromatic rings. The van der Waals surface area contributed by atoms with Crippen molar-refractivity contribution in [3.63, 3.8) is 0 Å². The van der Waals surface area contributed by atoms with Gasteiger partial charge >= 0.3 is 6.03 Å². The molecule has 0 bridgehead atoms. The van der Waals surface area contributed by atoms with E-state index in [4.69, 9.17) is 5.73 Å². The van der Waals surface area contributed by atoms with Gasteiger partial charge in [-0.25, -0.2) is 4.79 Å². The summed E-state index contributed by atoms with van der Waals surface area (Å²) in [5, 5.41) is 6.64. The van der Waals surface area contributed by atoms with Crippen LogP contribution >= 0.6 is 11.8 Å². The van der Waals surface area contributed by atoms with Gasteiger partial charge in [0.25, 0.3) is 0 Å². The van der Waals surface area contributed by atoms with Crippen LogP contribution in [-0.4, -0.2) is 36.2 Å². The van der Waals surface area contributed by atoms with Gasteiger partial charge in [-0.05, 0) is 12.2 Å². The Balaban J connectivity index is 2.02. The molecular weight excluding hydrogens is 186 g/mol. The fourth-order valence-corrected chi connectivity index (χ4v) is 2.67. The molecule has 13 heavy (non-hydrogen) atoms. The minimum Gasteiger partial charge on any atom is -0.352 e. The second kappa shape index (κ2) is 5.34. The summed E-state index contributed by atoms with van der Waals surface area (Å²) in [6.07, 6.45) is 1.22. The third-order valence-corrected chi connectivity index (χ3v) is 3.53. The number of nitrogens with one attached hydrogen (secondary N) is 2. The van der Waals surface area contributed by atoms with Crippen molar-refractivity contribution in [2.45, 2.75) is 24.6 Å². The Hall–Kier alpha value is -0.420. The maximum absolute atomic E-state index is 10.3. The molecule has 5 heteroatoms. The summed E-state index contributed by atoms with van der Waals surface area (Å²) in [5.41, 5.74) is 4.93. The number of carbonyl (C=O) groups excluding carboxylic acids is 1. The number of nitrogens with two attached hydrogens (primary N) is 1. The van der Waals surface area contributed by atoms with E-state index in [-0.39, 0.29) is 0 Å². The molecule has 4 nitrogen and oxygen atoms in total. The van der Waals surface area contributed by atoms with E-state index >= 15 is 0 Å². The minimum absolute atomic E-state index is 0.448. The summed E-state index contributed by atoms with van der Waals surface area (Å²) in [7, 11) is 0. The summed E-state index contributed by atoms with van der Waals surface area (Å²) < 4.78 is 0. The molecular formula is C8H17N3OS. The lowest BCUT2D eigenvalue weighted by molar-refractivity contribution is 0.249. The molecule has 2 unspecified atom stereocenters. The molecule has 1 aliphatic rings. The average Bonchev–Trinajstić information content (AvgIpc) is 2.45. The first-order valence-electron chi connectivity index (χ1n) is 4.58. The van der Waals surface area contributed by atoms with Crippen molar-refractivity contribution >= 4 is 17.8 Å². The van der Waals surface area contributed by atoms with Crippen LogP contribution in [0.25, 0.3) is 0 Å². The van der Waals surface area contributed by atoms with Crippen molar-refractivity contribution in [2.24, 2.45) is 5.73 Å². The topological polar surface area (TPSA) is 67.2 Å². The minimum atomic E-state index is -0.448. The van der Waals surface area contributed by atoms with Crippen LogP contribution in [0.2, 0.25) is 0 Å². The maximum Gasteiger partial charge on any atom is 0.312 e. The van der Waals surface area contributed by atoms with E-state index in [0.717, 1.165) is 6.54 Å². The average molecular weight is 203 g/mol. The molecule has 0 aliphatic carbocycles. The van der Waals surface area contributed by atoms with Crippen LogP contribution < -0.4 is 16.4 Å². The molecule has 1 saturated heterocycles. The van der Waals surface area contributed by atoms with Crippen LogP contribution in [0, 0.1) is 0 Å². The van der Waals surface area contributed by atoms with Crippen LogP contribution in [0.15, 0.2) is 0 Å². The largest absolute Gasteiger partial charge is 0.352 e. The van der Waals surface area contributed by atoms with Gasteiger partial charge in [-0.1, -0.05) is 6.92 Å². The highest BCUT2D eigenvalue weighted by atomic mass is 32.2. The fraction of sp³-hybridized carbons (Fsp3) is 0.875. The summed E-state index contributed by atoms with van der Waals surface area (Å²) in [5.74, 6) is 1.24. The smallest absolute Gasteiger partial charge is 0.312 e. The van der Waals surface area contributed by atoms with Gasteiger partial charge in [0.2, 0.25) is 0 Å². The van der Waals surface area contributed by atoms with Crippen LogP contribution in [0.3, 0.4) is 0 Å². The van der Waals surface area contributed by atoms with E-state index in [1.165, 1.54) is 12.2 Å². The number of hydrogen-bond donors (Lipinski definition) is 3. The molecule has 0 aromatic heterocycles. The predicted octanol–water partition coefficient (Wildman–Crippen LogP) is 0.138. The SMILES string of the molecule is CC1SCCC1NCCNC(N)=O. The molecule has 0 radical (unpaired) electrons. The standard InChI is InChI=1S/C8H17N3OS/c1-6-7(2-5-13-6)10-3-4-11-8(9)12/h6-7,10H,2-5H2,1H3,(H3,9,11,12). The van der Waals surface area contributed by atoms with Gasteiger partial charge in [0.1, 0.15) is 0 Å². The lowest BCUT2D eigenvalue weighted by Crippen LogP contribution is -2.40. The number of amides is 2. The molecule has 0 saturated carbocycles. The molecule has 2 atom stereocenters. The van der Waals surface area contributed by atoms with E-state index in [1.807, 2.05) is 11.8 Å². The van der Waals surface area contributed by atoms with Gasteiger partial charge in [-0.3, -0.25) is 0 Å². The predicted molar refractivity (Wildman–Crippen MR) is 55.9 cm³/mol. The number of primary amides is 1. The Morgan fingerprint density at radius 3 is 2.92 bits per heavy atom. The van der Waals surface area contributed by atoms with Crippen molar-refractivity contribution in [3.05, 3.63) is 0 Å². The molecule has 0 spiro atoms. The summed E-state index contributed by atoms with van der Waals surface area (Å²) in [6, 6.07) is 0.148. The fourth-order valence-electron chi connectivity index (χ4n) is 1.44.